The molecule has 2 N–H and O–H groups in total. The van der Waals surface area contributed by atoms with Crippen molar-refractivity contribution < 1.29 is 12.8 Å². The van der Waals surface area contributed by atoms with Crippen LogP contribution >= 0.6 is 0 Å². The lowest BCUT2D eigenvalue weighted by atomic mass is 9.97. The predicted octanol–water partition coefficient (Wildman–Crippen LogP) is 5.28. The quantitative estimate of drug-likeness (QED) is 0.529. The molecule has 170 valence electrons. The van der Waals surface area contributed by atoms with E-state index < -0.39 is 21.3 Å². The van der Waals surface area contributed by atoms with Crippen molar-refractivity contribution in [2.75, 3.05) is 0 Å². The van der Waals surface area contributed by atoms with E-state index in [-0.39, 0.29) is 17.3 Å². The van der Waals surface area contributed by atoms with Gasteiger partial charge >= 0.3 is 0 Å². The lowest BCUT2D eigenvalue weighted by Gasteiger charge is -2.27. The Morgan fingerprint density at radius 2 is 1.78 bits per heavy atom. The molecule has 0 radical (unpaired) electrons. The molecule has 1 heterocycles. The Morgan fingerprint density at radius 1 is 1.03 bits per heavy atom. The van der Waals surface area contributed by atoms with Crippen LogP contribution in [0.3, 0.4) is 0 Å². The lowest BCUT2D eigenvalue weighted by molar-refractivity contribution is 0.437. The second-order valence-corrected chi connectivity index (χ2v) is 11.0. The van der Waals surface area contributed by atoms with Gasteiger partial charge in [0, 0.05) is 16.6 Å². The average Bonchev–Trinajstić information content (AvgIpc) is 2.78. The molecule has 0 amide bonds. The molecule has 0 spiro atoms. The van der Waals surface area contributed by atoms with E-state index in [1.54, 1.807) is 24.3 Å². The maximum absolute atomic E-state index is 14.2. The van der Waals surface area contributed by atoms with Gasteiger partial charge in [-0.3, -0.25) is 4.79 Å². The summed E-state index contributed by atoms with van der Waals surface area (Å²) in [7, 11) is -3.53. The number of nitrogens with one attached hydrogen (secondary N) is 2. The van der Waals surface area contributed by atoms with Crippen LogP contribution in [0.2, 0.25) is 0 Å². The molecule has 0 bridgehead atoms. The van der Waals surface area contributed by atoms with Gasteiger partial charge in [-0.15, -0.1) is 0 Å². The molecule has 5 nitrogen and oxygen atoms in total. The number of sulfonamides is 1. The van der Waals surface area contributed by atoms with E-state index in [0.717, 1.165) is 24.6 Å². The van der Waals surface area contributed by atoms with Crippen LogP contribution in [0.4, 0.5) is 4.39 Å². The molecule has 1 aliphatic rings. The standard InChI is InChI=1S/C25H29FN2O3S/c1-16(2)24(28-32(30,31)19-8-4-3-5-9-19)20-13-14-23(27-25(20)29)18-12-11-17-7-6-10-22(26)21(17)15-18/h6-7,10-16,19,24,28H,3-5,8-9H2,1-2H3,(H,27,29). The molecule has 7 heteroatoms. The fourth-order valence-electron chi connectivity index (χ4n) is 4.51. The molecule has 1 atom stereocenters. The van der Waals surface area contributed by atoms with Crippen LogP contribution < -0.4 is 10.3 Å². The van der Waals surface area contributed by atoms with E-state index in [0.29, 0.717) is 35.0 Å². The van der Waals surface area contributed by atoms with E-state index in [2.05, 4.69) is 9.71 Å². The van der Waals surface area contributed by atoms with Gasteiger partial charge in [0.1, 0.15) is 5.82 Å². The number of rotatable bonds is 6. The van der Waals surface area contributed by atoms with Crippen molar-refractivity contribution in [2.24, 2.45) is 5.92 Å². The number of benzene rings is 2. The van der Waals surface area contributed by atoms with Crippen molar-refractivity contribution in [3.63, 3.8) is 0 Å². The highest BCUT2D eigenvalue weighted by Crippen LogP contribution is 2.28. The fourth-order valence-corrected chi connectivity index (χ4v) is 6.41. The zero-order chi connectivity index (χ0) is 22.9. The Kier molecular flexibility index (Phi) is 6.49. The van der Waals surface area contributed by atoms with Crippen molar-refractivity contribution in [3.05, 3.63) is 70.3 Å². The topological polar surface area (TPSA) is 79.0 Å². The summed E-state index contributed by atoms with van der Waals surface area (Å²) in [5.41, 5.74) is 1.29. The number of halogens is 1. The summed E-state index contributed by atoms with van der Waals surface area (Å²) in [6.07, 6.45) is 4.22. The summed E-state index contributed by atoms with van der Waals surface area (Å²) in [5.74, 6) is -0.421. The molecule has 1 saturated carbocycles. The zero-order valence-electron chi connectivity index (χ0n) is 18.4. The normalized spacial score (nSPS) is 16.5. The van der Waals surface area contributed by atoms with E-state index in [1.165, 1.54) is 6.07 Å². The van der Waals surface area contributed by atoms with Crippen LogP contribution in [0.1, 0.15) is 57.6 Å². The van der Waals surface area contributed by atoms with Gasteiger partial charge in [0.15, 0.2) is 0 Å². The maximum atomic E-state index is 14.2. The molecule has 3 aromatic rings. The van der Waals surface area contributed by atoms with E-state index in [4.69, 9.17) is 0 Å². The van der Waals surface area contributed by atoms with Crippen molar-refractivity contribution >= 4 is 20.8 Å². The van der Waals surface area contributed by atoms with Crippen LogP contribution in [0, 0.1) is 11.7 Å². The monoisotopic (exact) mass is 456 g/mol. The highest BCUT2D eigenvalue weighted by molar-refractivity contribution is 7.90. The first-order valence-electron chi connectivity index (χ1n) is 11.2. The Labute approximate surface area is 188 Å². The number of H-pyrrole nitrogens is 1. The number of fused-ring (bicyclic) bond motifs is 1. The van der Waals surface area contributed by atoms with Crippen molar-refractivity contribution in [3.8, 4) is 11.3 Å². The number of aromatic amines is 1. The third-order valence-corrected chi connectivity index (χ3v) is 8.30. The number of pyridine rings is 1. The highest BCUT2D eigenvalue weighted by atomic mass is 32.2. The minimum absolute atomic E-state index is 0.102. The summed E-state index contributed by atoms with van der Waals surface area (Å²) in [4.78, 5) is 15.9. The third kappa shape index (κ3) is 4.64. The Morgan fingerprint density at radius 3 is 2.47 bits per heavy atom. The molecule has 4 rings (SSSR count). The SMILES string of the molecule is CC(C)C(NS(=O)(=O)C1CCCCC1)c1ccc(-c2ccc3cccc(F)c3c2)[nH]c1=O. The lowest BCUT2D eigenvalue weighted by Crippen LogP contribution is -2.41. The van der Waals surface area contributed by atoms with Crippen LogP contribution in [0.15, 0.2) is 53.3 Å². The summed E-state index contributed by atoms with van der Waals surface area (Å²) in [6.45, 7) is 3.79. The van der Waals surface area contributed by atoms with Crippen LogP contribution in [-0.2, 0) is 10.0 Å². The summed E-state index contributed by atoms with van der Waals surface area (Å²) in [5, 5.41) is 0.864. The van der Waals surface area contributed by atoms with Gasteiger partial charge in [0.25, 0.3) is 5.56 Å². The largest absolute Gasteiger partial charge is 0.322 e. The molecular weight excluding hydrogens is 427 g/mol. The van der Waals surface area contributed by atoms with Gasteiger partial charge in [0.05, 0.1) is 11.3 Å². The van der Waals surface area contributed by atoms with Gasteiger partial charge in [-0.25, -0.2) is 17.5 Å². The maximum Gasteiger partial charge on any atom is 0.253 e. The Hall–Kier alpha value is -2.51. The van der Waals surface area contributed by atoms with Crippen molar-refractivity contribution in [1.82, 2.24) is 9.71 Å². The van der Waals surface area contributed by atoms with Gasteiger partial charge in [-0.05, 0) is 54.0 Å². The molecule has 2 aromatic carbocycles. The van der Waals surface area contributed by atoms with E-state index in [1.807, 2.05) is 32.0 Å². The molecule has 32 heavy (non-hydrogen) atoms. The van der Waals surface area contributed by atoms with Gasteiger partial charge in [-0.2, -0.15) is 0 Å². The smallest absolute Gasteiger partial charge is 0.253 e. The first kappa shape index (κ1) is 22.7. The molecule has 1 aliphatic carbocycles. The van der Waals surface area contributed by atoms with Crippen LogP contribution in [0.5, 0.6) is 0 Å². The molecular formula is C25H29FN2O3S. The van der Waals surface area contributed by atoms with E-state index in [9.17, 15) is 17.6 Å². The zero-order valence-corrected chi connectivity index (χ0v) is 19.2. The third-order valence-electron chi connectivity index (χ3n) is 6.36. The number of hydrogen-bond donors (Lipinski definition) is 2. The molecule has 0 saturated heterocycles. The first-order chi connectivity index (χ1) is 15.3. The molecule has 0 aliphatic heterocycles. The minimum atomic E-state index is -3.53. The summed E-state index contributed by atoms with van der Waals surface area (Å²) >= 11 is 0. The molecule has 1 fully saturated rings. The van der Waals surface area contributed by atoms with Crippen LogP contribution in [-0.4, -0.2) is 18.7 Å². The minimum Gasteiger partial charge on any atom is -0.322 e. The average molecular weight is 457 g/mol. The van der Waals surface area contributed by atoms with Crippen molar-refractivity contribution in [2.45, 2.75) is 57.2 Å². The van der Waals surface area contributed by atoms with Crippen molar-refractivity contribution in [1.29, 1.82) is 0 Å². The molecule has 1 unspecified atom stereocenters. The highest BCUT2D eigenvalue weighted by Gasteiger charge is 2.32. The number of hydrogen-bond acceptors (Lipinski definition) is 3. The summed E-state index contributed by atoms with van der Waals surface area (Å²) in [6, 6.07) is 13.1. The fraction of sp³-hybridized carbons (Fsp3) is 0.400. The molecule has 1 aromatic heterocycles. The van der Waals surface area contributed by atoms with Gasteiger partial charge in [-0.1, -0.05) is 57.4 Å². The Bertz CT molecular complexity index is 1280. The van der Waals surface area contributed by atoms with Crippen LogP contribution in [0.25, 0.3) is 22.0 Å². The predicted molar refractivity (Wildman–Crippen MR) is 126 cm³/mol. The van der Waals surface area contributed by atoms with E-state index >= 15 is 0 Å². The Balaban J connectivity index is 1.65. The second-order valence-electron chi connectivity index (χ2n) is 8.98. The summed E-state index contributed by atoms with van der Waals surface area (Å²) < 4.78 is 42.9. The number of aromatic nitrogens is 1. The van der Waals surface area contributed by atoms with Gasteiger partial charge < -0.3 is 4.98 Å². The van der Waals surface area contributed by atoms with Gasteiger partial charge in [0.2, 0.25) is 10.0 Å². The second kappa shape index (κ2) is 9.16. The first-order valence-corrected chi connectivity index (χ1v) is 12.7.